The summed E-state index contributed by atoms with van der Waals surface area (Å²) in [6.45, 7) is 3.24. The maximum atomic E-state index is 11.8. The molecule has 0 aliphatic carbocycles. The lowest BCUT2D eigenvalue weighted by atomic mass is 10.3. The number of esters is 1. The third kappa shape index (κ3) is 4.50. The molecule has 0 bridgehead atoms. The van der Waals surface area contributed by atoms with E-state index in [0.29, 0.717) is 16.3 Å². The number of aryl methyl sites for hydroxylation is 2. The van der Waals surface area contributed by atoms with Gasteiger partial charge in [-0.15, -0.1) is 11.3 Å². The average molecular weight is 416 g/mol. The van der Waals surface area contributed by atoms with Gasteiger partial charge in [0.25, 0.3) is 5.91 Å². The number of nitrogens with one attached hydrogen (secondary N) is 1. The first-order chi connectivity index (χ1) is 9.95. The molecule has 1 amide bonds. The molecule has 0 aliphatic rings. The van der Waals surface area contributed by atoms with Crippen LogP contribution in [-0.4, -0.2) is 23.5 Å². The molecule has 0 saturated heterocycles. The lowest BCUT2D eigenvalue weighted by molar-refractivity contribution is -0.119. The van der Waals surface area contributed by atoms with Crippen LogP contribution >= 0.6 is 33.9 Å². The molecule has 2 rings (SSSR count). The van der Waals surface area contributed by atoms with Crippen LogP contribution in [0.3, 0.4) is 0 Å². The molecule has 0 saturated carbocycles. The molecule has 0 aliphatic heterocycles. The Hall–Kier alpha value is -1.48. The van der Waals surface area contributed by atoms with Crippen LogP contribution in [0, 0.1) is 17.4 Å². The van der Waals surface area contributed by atoms with E-state index in [2.05, 4.69) is 32.9 Å². The first kappa shape index (κ1) is 15.9. The molecule has 0 atom stereocenters. The minimum absolute atomic E-state index is 0.318. The fourth-order valence-corrected chi connectivity index (χ4v) is 2.82. The zero-order valence-electron chi connectivity index (χ0n) is 11.5. The van der Waals surface area contributed by atoms with Crippen LogP contribution < -0.4 is 5.32 Å². The summed E-state index contributed by atoms with van der Waals surface area (Å²) >= 11 is 3.44. The molecule has 5 nitrogen and oxygen atoms in total. The molecule has 110 valence electrons. The van der Waals surface area contributed by atoms with Crippen molar-refractivity contribution >= 4 is 51.5 Å². The predicted molar refractivity (Wildman–Crippen MR) is 89.7 cm³/mol. The predicted octanol–water partition coefficient (Wildman–Crippen LogP) is 3.16. The topological polar surface area (TPSA) is 68.3 Å². The summed E-state index contributed by atoms with van der Waals surface area (Å²) < 4.78 is 6.07. The highest BCUT2D eigenvalue weighted by Crippen LogP contribution is 2.18. The van der Waals surface area contributed by atoms with Gasteiger partial charge in [-0.2, -0.15) is 0 Å². The summed E-state index contributed by atoms with van der Waals surface area (Å²) in [6.07, 6.45) is 0. The largest absolute Gasteiger partial charge is 0.451 e. The number of hydrogen-bond donors (Lipinski definition) is 1. The number of halogens is 1. The van der Waals surface area contributed by atoms with Crippen molar-refractivity contribution in [3.8, 4) is 0 Å². The van der Waals surface area contributed by atoms with Gasteiger partial charge in [0.2, 0.25) is 0 Å². The molecule has 0 unspecified atom stereocenters. The number of carbonyl (C=O) groups excluding carboxylic acids is 2. The van der Waals surface area contributed by atoms with E-state index in [9.17, 15) is 9.59 Å². The average Bonchev–Trinajstić information content (AvgIpc) is 2.78. The van der Waals surface area contributed by atoms with Crippen molar-refractivity contribution in [2.45, 2.75) is 13.8 Å². The highest BCUT2D eigenvalue weighted by atomic mass is 127. The van der Waals surface area contributed by atoms with Crippen LogP contribution in [-0.2, 0) is 9.53 Å². The maximum absolute atomic E-state index is 11.8. The van der Waals surface area contributed by atoms with Gasteiger partial charge in [-0.05, 0) is 60.7 Å². The Balaban J connectivity index is 1.88. The molecular weight excluding hydrogens is 403 g/mol. The second-order valence-electron chi connectivity index (χ2n) is 4.28. The molecule has 21 heavy (non-hydrogen) atoms. The highest BCUT2D eigenvalue weighted by molar-refractivity contribution is 14.1. The van der Waals surface area contributed by atoms with Crippen LogP contribution in [0.25, 0.3) is 0 Å². The first-order valence-corrected chi connectivity index (χ1v) is 8.02. The Morgan fingerprint density at radius 3 is 2.52 bits per heavy atom. The summed E-state index contributed by atoms with van der Waals surface area (Å²) in [7, 11) is 0. The highest BCUT2D eigenvalue weighted by Gasteiger charge is 2.16. The third-order valence-electron chi connectivity index (χ3n) is 2.55. The van der Waals surface area contributed by atoms with Crippen molar-refractivity contribution in [3.05, 3.63) is 43.4 Å². The first-order valence-electron chi connectivity index (χ1n) is 6.12. The number of rotatable bonds is 4. The van der Waals surface area contributed by atoms with Gasteiger partial charge in [-0.3, -0.25) is 4.79 Å². The van der Waals surface area contributed by atoms with Crippen molar-refractivity contribution in [3.63, 3.8) is 0 Å². The van der Waals surface area contributed by atoms with Crippen LogP contribution in [0.1, 0.15) is 20.4 Å². The number of ether oxygens (including phenoxy) is 1. The van der Waals surface area contributed by atoms with Crippen molar-refractivity contribution in [1.29, 1.82) is 0 Å². The molecular formula is C14H13IN2O3S. The van der Waals surface area contributed by atoms with E-state index in [1.54, 1.807) is 19.1 Å². The monoisotopic (exact) mass is 416 g/mol. The van der Waals surface area contributed by atoms with E-state index < -0.39 is 5.97 Å². The SMILES string of the molecule is Cc1nc(C)c(C(=O)OCC(=O)Nc2ccc(I)cc2)s1. The van der Waals surface area contributed by atoms with Gasteiger partial charge in [0.15, 0.2) is 6.61 Å². The maximum Gasteiger partial charge on any atom is 0.350 e. The Kier molecular flexibility index (Phi) is 5.29. The van der Waals surface area contributed by atoms with Gasteiger partial charge in [-0.1, -0.05) is 0 Å². The molecule has 2 aromatic rings. The van der Waals surface area contributed by atoms with Crippen molar-refractivity contribution in [1.82, 2.24) is 4.98 Å². The summed E-state index contributed by atoms with van der Waals surface area (Å²) in [6, 6.07) is 7.34. The summed E-state index contributed by atoms with van der Waals surface area (Å²) in [4.78, 5) is 28.2. The molecule has 1 heterocycles. The van der Waals surface area contributed by atoms with Gasteiger partial charge in [0, 0.05) is 9.26 Å². The van der Waals surface area contributed by atoms with Gasteiger partial charge in [0.1, 0.15) is 4.88 Å². The summed E-state index contributed by atoms with van der Waals surface area (Å²) in [5.74, 6) is -0.890. The zero-order chi connectivity index (χ0) is 15.4. The van der Waals surface area contributed by atoms with E-state index in [1.807, 2.05) is 19.1 Å². The zero-order valence-corrected chi connectivity index (χ0v) is 14.4. The Bertz CT molecular complexity index is 667. The van der Waals surface area contributed by atoms with Crippen molar-refractivity contribution < 1.29 is 14.3 Å². The molecule has 0 fully saturated rings. The van der Waals surface area contributed by atoms with E-state index in [4.69, 9.17) is 4.74 Å². The number of hydrogen-bond acceptors (Lipinski definition) is 5. The Labute approximate surface area is 139 Å². The third-order valence-corrected chi connectivity index (χ3v) is 4.32. The van der Waals surface area contributed by atoms with Gasteiger partial charge in [-0.25, -0.2) is 9.78 Å². The van der Waals surface area contributed by atoms with Crippen LogP contribution in [0.15, 0.2) is 24.3 Å². The number of carbonyl (C=O) groups is 2. The Morgan fingerprint density at radius 2 is 1.95 bits per heavy atom. The smallest absolute Gasteiger partial charge is 0.350 e. The lowest BCUT2D eigenvalue weighted by Crippen LogP contribution is -2.20. The Morgan fingerprint density at radius 1 is 1.29 bits per heavy atom. The number of benzene rings is 1. The van der Waals surface area contributed by atoms with Gasteiger partial charge >= 0.3 is 5.97 Å². The summed E-state index contributed by atoms with van der Waals surface area (Å²) in [5, 5.41) is 3.46. The minimum atomic E-state index is -0.518. The second-order valence-corrected chi connectivity index (χ2v) is 6.73. The van der Waals surface area contributed by atoms with Crippen molar-refractivity contribution in [2.75, 3.05) is 11.9 Å². The van der Waals surface area contributed by atoms with Gasteiger partial charge in [0.05, 0.1) is 10.7 Å². The quantitative estimate of drug-likeness (QED) is 0.614. The van der Waals surface area contributed by atoms with E-state index in [1.165, 1.54) is 11.3 Å². The fraction of sp³-hybridized carbons (Fsp3) is 0.214. The van der Waals surface area contributed by atoms with Crippen LogP contribution in [0.4, 0.5) is 5.69 Å². The number of amides is 1. The lowest BCUT2D eigenvalue weighted by Gasteiger charge is -2.06. The standard InChI is InChI=1S/C14H13IN2O3S/c1-8-13(21-9(2)16-8)14(19)20-7-12(18)17-11-5-3-10(15)4-6-11/h3-6H,7H2,1-2H3,(H,17,18). The molecule has 1 aromatic carbocycles. The van der Waals surface area contributed by atoms with Gasteiger partial charge < -0.3 is 10.1 Å². The number of thiazole rings is 1. The molecule has 0 radical (unpaired) electrons. The normalized spacial score (nSPS) is 10.2. The molecule has 0 spiro atoms. The molecule has 1 N–H and O–H groups in total. The summed E-state index contributed by atoms with van der Waals surface area (Å²) in [5.41, 5.74) is 1.29. The number of nitrogens with zero attached hydrogens (tertiary/aromatic N) is 1. The second kappa shape index (κ2) is 6.99. The molecule has 1 aromatic heterocycles. The van der Waals surface area contributed by atoms with Crippen LogP contribution in [0.5, 0.6) is 0 Å². The van der Waals surface area contributed by atoms with E-state index in [0.717, 1.165) is 8.58 Å². The van der Waals surface area contributed by atoms with E-state index >= 15 is 0 Å². The number of aromatic nitrogens is 1. The minimum Gasteiger partial charge on any atom is -0.451 e. The fourth-order valence-electron chi connectivity index (χ4n) is 1.65. The molecule has 7 heteroatoms. The van der Waals surface area contributed by atoms with Crippen LogP contribution in [0.2, 0.25) is 0 Å². The van der Waals surface area contributed by atoms with E-state index in [-0.39, 0.29) is 12.5 Å². The van der Waals surface area contributed by atoms with Crippen molar-refractivity contribution in [2.24, 2.45) is 0 Å². The number of anilines is 1.